The Balaban J connectivity index is 2.53. The molecule has 0 unspecified atom stereocenters. The van der Waals surface area contributed by atoms with Crippen molar-refractivity contribution >= 4 is 44.6 Å². The SMILES string of the molecule is COc1cccc(NC(=O)CC(C)=O)c1N=Nc1ccc([N+](=O)[O-])cc1S(=O)(=O)O. The molecule has 2 N–H and O–H groups in total. The van der Waals surface area contributed by atoms with Gasteiger partial charge in [-0.3, -0.25) is 24.3 Å². The van der Waals surface area contributed by atoms with Crippen molar-refractivity contribution in [2.75, 3.05) is 12.4 Å². The number of hydrogen-bond donors (Lipinski definition) is 2. The van der Waals surface area contributed by atoms with Crippen LogP contribution in [-0.2, 0) is 19.7 Å². The molecule has 12 nitrogen and oxygen atoms in total. The van der Waals surface area contributed by atoms with Crippen molar-refractivity contribution in [3.63, 3.8) is 0 Å². The van der Waals surface area contributed by atoms with E-state index in [0.717, 1.165) is 12.1 Å². The third-order valence-corrected chi connectivity index (χ3v) is 4.48. The van der Waals surface area contributed by atoms with Gasteiger partial charge >= 0.3 is 0 Å². The van der Waals surface area contributed by atoms with Crippen molar-refractivity contribution in [3.8, 4) is 5.75 Å². The number of rotatable bonds is 8. The average Bonchev–Trinajstić information content (AvgIpc) is 2.65. The minimum absolute atomic E-state index is 0.00320. The number of carbonyl (C=O) groups excluding carboxylic acids is 2. The van der Waals surface area contributed by atoms with E-state index in [1.54, 1.807) is 0 Å². The summed E-state index contributed by atoms with van der Waals surface area (Å²) in [5, 5.41) is 21.0. The Bertz CT molecular complexity index is 1140. The first kappa shape index (κ1) is 22.6. The maximum absolute atomic E-state index is 11.9. The average molecular weight is 436 g/mol. The lowest BCUT2D eigenvalue weighted by molar-refractivity contribution is -0.385. The Labute approximate surface area is 170 Å². The molecule has 13 heteroatoms. The molecule has 0 aromatic heterocycles. The molecule has 0 saturated carbocycles. The Morgan fingerprint density at radius 2 is 1.93 bits per heavy atom. The van der Waals surface area contributed by atoms with Crippen LogP contribution in [0.1, 0.15) is 13.3 Å². The molecule has 0 atom stereocenters. The molecule has 0 bridgehead atoms. The maximum Gasteiger partial charge on any atom is 0.297 e. The van der Waals surface area contributed by atoms with Crippen LogP contribution in [0.25, 0.3) is 0 Å². The third kappa shape index (κ3) is 5.65. The van der Waals surface area contributed by atoms with Crippen LogP contribution in [0.2, 0.25) is 0 Å². The number of nitro groups is 1. The lowest BCUT2D eigenvalue weighted by Gasteiger charge is -2.10. The van der Waals surface area contributed by atoms with Crippen LogP contribution in [0, 0.1) is 10.1 Å². The standard InChI is InChI=1S/C17H16N4O8S/c1-10(22)8-16(23)18-13-4-3-5-14(29-2)17(13)20-19-12-7-6-11(21(24)25)9-15(12)30(26,27)28/h3-7,9H,8H2,1-2H3,(H,18,23)(H,26,27,28). The number of azo groups is 1. The molecule has 0 radical (unpaired) electrons. The van der Waals surface area contributed by atoms with Gasteiger partial charge in [-0.1, -0.05) is 6.07 Å². The van der Waals surface area contributed by atoms with E-state index >= 15 is 0 Å². The highest BCUT2D eigenvalue weighted by molar-refractivity contribution is 7.86. The van der Waals surface area contributed by atoms with Gasteiger partial charge in [0.25, 0.3) is 15.8 Å². The van der Waals surface area contributed by atoms with Crippen molar-refractivity contribution in [2.45, 2.75) is 18.2 Å². The summed E-state index contributed by atoms with van der Waals surface area (Å²) in [5.41, 5.74) is -0.831. The number of nitrogens with zero attached hydrogens (tertiary/aromatic N) is 3. The highest BCUT2D eigenvalue weighted by Gasteiger charge is 2.21. The fraction of sp³-hybridized carbons (Fsp3) is 0.176. The fourth-order valence-corrected chi connectivity index (χ4v) is 2.96. The summed E-state index contributed by atoms with van der Waals surface area (Å²) in [6.45, 7) is 1.25. The largest absolute Gasteiger partial charge is 0.494 e. The Kier molecular flexibility index (Phi) is 6.92. The number of methoxy groups -OCH3 is 1. The molecule has 0 aliphatic rings. The molecule has 0 saturated heterocycles. The minimum Gasteiger partial charge on any atom is -0.494 e. The van der Waals surface area contributed by atoms with Crippen LogP contribution in [0.3, 0.4) is 0 Å². The number of non-ortho nitro benzene ring substituents is 1. The molecule has 0 heterocycles. The van der Waals surface area contributed by atoms with Crippen LogP contribution in [0.4, 0.5) is 22.7 Å². The van der Waals surface area contributed by atoms with E-state index in [1.807, 2.05) is 0 Å². The predicted octanol–water partition coefficient (Wildman–Crippen LogP) is 3.18. The van der Waals surface area contributed by atoms with Gasteiger partial charge in [0, 0.05) is 12.1 Å². The van der Waals surface area contributed by atoms with E-state index in [1.165, 1.54) is 32.2 Å². The zero-order valence-corrected chi connectivity index (χ0v) is 16.5. The van der Waals surface area contributed by atoms with Gasteiger partial charge < -0.3 is 10.1 Å². The number of anilines is 1. The molecule has 2 aromatic carbocycles. The van der Waals surface area contributed by atoms with Crippen LogP contribution < -0.4 is 10.1 Å². The number of ketones is 1. The molecular weight excluding hydrogens is 420 g/mol. The van der Waals surface area contributed by atoms with Crippen molar-refractivity contribution in [1.29, 1.82) is 0 Å². The number of ether oxygens (including phenoxy) is 1. The lowest BCUT2D eigenvalue weighted by atomic mass is 10.2. The number of amides is 1. The van der Waals surface area contributed by atoms with Crippen LogP contribution in [0.5, 0.6) is 5.75 Å². The van der Waals surface area contributed by atoms with Crippen molar-refractivity contribution in [2.24, 2.45) is 10.2 Å². The number of hydrogen-bond acceptors (Lipinski definition) is 9. The topological polar surface area (TPSA) is 178 Å². The Hall–Kier alpha value is -3.71. The first-order valence-electron chi connectivity index (χ1n) is 8.17. The van der Waals surface area contributed by atoms with Crippen molar-refractivity contribution in [3.05, 3.63) is 46.5 Å². The molecule has 2 rings (SSSR count). The quantitative estimate of drug-likeness (QED) is 0.208. The Morgan fingerprint density at radius 3 is 2.50 bits per heavy atom. The van der Waals surface area contributed by atoms with Gasteiger partial charge in [-0.05, 0) is 25.1 Å². The number of Topliss-reactive ketones (excluding diaryl/α,β-unsaturated/α-hetero) is 1. The molecule has 0 spiro atoms. The van der Waals surface area contributed by atoms with Gasteiger partial charge in [0.1, 0.15) is 22.1 Å². The summed E-state index contributed by atoms with van der Waals surface area (Å²) in [6, 6.07) is 7.11. The van der Waals surface area contributed by atoms with E-state index in [-0.39, 0.29) is 35.0 Å². The maximum atomic E-state index is 11.9. The summed E-state index contributed by atoms with van der Waals surface area (Å²) in [5.74, 6) is -0.807. The monoisotopic (exact) mass is 436 g/mol. The summed E-state index contributed by atoms with van der Waals surface area (Å²) in [6.07, 6.45) is -0.372. The normalized spacial score (nSPS) is 11.3. The van der Waals surface area contributed by atoms with E-state index in [2.05, 4.69) is 15.5 Å². The second-order valence-electron chi connectivity index (χ2n) is 5.87. The predicted molar refractivity (Wildman–Crippen MR) is 104 cm³/mol. The molecule has 0 fully saturated rings. The summed E-state index contributed by atoms with van der Waals surface area (Å²) in [7, 11) is -3.52. The van der Waals surface area contributed by atoms with E-state index in [4.69, 9.17) is 4.74 Å². The van der Waals surface area contributed by atoms with Crippen LogP contribution in [-0.4, -0.2) is 36.7 Å². The highest BCUT2D eigenvalue weighted by atomic mass is 32.2. The molecule has 0 aliphatic heterocycles. The molecule has 1 amide bonds. The number of carbonyl (C=O) groups is 2. The zero-order valence-electron chi connectivity index (χ0n) is 15.7. The number of nitrogens with one attached hydrogen (secondary N) is 1. The molecular formula is C17H16N4O8S. The summed E-state index contributed by atoms with van der Waals surface area (Å²) < 4.78 is 37.7. The van der Waals surface area contributed by atoms with E-state index < -0.39 is 31.5 Å². The highest BCUT2D eigenvalue weighted by Crippen LogP contribution is 2.38. The van der Waals surface area contributed by atoms with Gasteiger partial charge in [-0.15, -0.1) is 10.2 Å². The Morgan fingerprint density at radius 1 is 1.23 bits per heavy atom. The summed E-state index contributed by atoms with van der Waals surface area (Å²) in [4.78, 5) is 32.2. The molecule has 2 aromatic rings. The number of nitro benzene ring substituents is 1. The molecule has 158 valence electrons. The second-order valence-corrected chi connectivity index (χ2v) is 7.26. The van der Waals surface area contributed by atoms with Crippen molar-refractivity contribution in [1.82, 2.24) is 0 Å². The third-order valence-electron chi connectivity index (χ3n) is 3.59. The zero-order chi connectivity index (χ0) is 22.5. The van der Waals surface area contributed by atoms with Gasteiger partial charge in [-0.25, -0.2) is 0 Å². The van der Waals surface area contributed by atoms with Gasteiger partial charge in [0.15, 0.2) is 5.69 Å². The van der Waals surface area contributed by atoms with Gasteiger partial charge in [0.05, 0.1) is 24.1 Å². The van der Waals surface area contributed by atoms with Crippen LogP contribution >= 0.6 is 0 Å². The lowest BCUT2D eigenvalue weighted by Crippen LogP contribution is -2.14. The van der Waals surface area contributed by atoms with Crippen molar-refractivity contribution < 1.29 is 32.2 Å². The first-order valence-corrected chi connectivity index (χ1v) is 9.61. The first-order chi connectivity index (χ1) is 14.0. The van der Waals surface area contributed by atoms with Gasteiger partial charge in [0.2, 0.25) is 5.91 Å². The smallest absolute Gasteiger partial charge is 0.297 e. The van der Waals surface area contributed by atoms with E-state index in [0.29, 0.717) is 6.07 Å². The molecule has 0 aliphatic carbocycles. The van der Waals surface area contributed by atoms with Crippen LogP contribution in [0.15, 0.2) is 51.5 Å². The van der Waals surface area contributed by atoms with Gasteiger partial charge in [-0.2, -0.15) is 8.42 Å². The van der Waals surface area contributed by atoms with E-state index in [9.17, 15) is 32.7 Å². The minimum atomic E-state index is -4.85. The summed E-state index contributed by atoms with van der Waals surface area (Å²) >= 11 is 0. The fourth-order valence-electron chi connectivity index (χ4n) is 2.32. The molecule has 30 heavy (non-hydrogen) atoms. The second kappa shape index (κ2) is 9.19. The number of benzene rings is 2.